The summed E-state index contributed by atoms with van der Waals surface area (Å²) in [6.07, 6.45) is 6.91. The molecule has 2 saturated carbocycles. The molecule has 2 aliphatic carbocycles. The van der Waals surface area contributed by atoms with Gasteiger partial charge in [0, 0.05) is 0 Å². The zero-order valence-electron chi connectivity index (χ0n) is 10.9. The largest absolute Gasteiger partial charge is 0.0996 e. The highest BCUT2D eigenvalue weighted by Crippen LogP contribution is 2.60. The molecule has 0 saturated heterocycles. The molecule has 0 aliphatic heterocycles. The third-order valence-corrected chi connectivity index (χ3v) is 5.63. The van der Waals surface area contributed by atoms with Crippen molar-refractivity contribution in [1.29, 1.82) is 0 Å². The fourth-order valence-electron chi connectivity index (χ4n) is 4.42. The van der Waals surface area contributed by atoms with E-state index in [1.165, 1.54) is 37.7 Å². The van der Waals surface area contributed by atoms with Crippen molar-refractivity contribution in [2.75, 3.05) is 0 Å². The van der Waals surface area contributed by atoms with Crippen LogP contribution >= 0.6 is 0 Å². The molecule has 0 aromatic rings. The fraction of sp³-hybridized carbons (Fsp3) is 0.867. The monoisotopic (exact) mass is 206 g/mol. The second kappa shape index (κ2) is 3.37. The van der Waals surface area contributed by atoms with E-state index >= 15 is 0 Å². The zero-order chi connectivity index (χ0) is 11.3. The molecule has 2 aliphatic rings. The van der Waals surface area contributed by atoms with Crippen molar-refractivity contribution in [2.24, 2.45) is 22.7 Å². The van der Waals surface area contributed by atoms with Crippen LogP contribution in [0.25, 0.3) is 0 Å². The Morgan fingerprint density at radius 1 is 1.20 bits per heavy atom. The maximum Gasteiger partial charge on any atom is -0.0177 e. The van der Waals surface area contributed by atoms with E-state index in [4.69, 9.17) is 0 Å². The van der Waals surface area contributed by atoms with Gasteiger partial charge >= 0.3 is 0 Å². The van der Waals surface area contributed by atoms with Crippen molar-refractivity contribution in [3.8, 4) is 0 Å². The van der Waals surface area contributed by atoms with E-state index in [9.17, 15) is 0 Å². The first-order chi connectivity index (χ1) is 6.88. The molecule has 0 radical (unpaired) electrons. The topological polar surface area (TPSA) is 0 Å². The second-order valence-corrected chi connectivity index (χ2v) is 6.82. The van der Waals surface area contributed by atoms with Crippen LogP contribution < -0.4 is 0 Å². The Morgan fingerprint density at radius 2 is 1.87 bits per heavy atom. The third-order valence-electron chi connectivity index (χ3n) is 5.63. The van der Waals surface area contributed by atoms with Gasteiger partial charge in [0.05, 0.1) is 0 Å². The summed E-state index contributed by atoms with van der Waals surface area (Å²) >= 11 is 0. The van der Waals surface area contributed by atoms with Crippen molar-refractivity contribution in [2.45, 2.75) is 59.8 Å². The highest BCUT2D eigenvalue weighted by atomic mass is 14.6. The summed E-state index contributed by atoms with van der Waals surface area (Å²) in [7, 11) is 0. The lowest BCUT2D eigenvalue weighted by Gasteiger charge is -2.57. The number of fused-ring (bicyclic) bond motifs is 1. The average molecular weight is 206 g/mol. The van der Waals surface area contributed by atoms with Crippen molar-refractivity contribution in [3.05, 3.63) is 12.2 Å². The molecule has 15 heavy (non-hydrogen) atoms. The van der Waals surface area contributed by atoms with Crippen LogP contribution in [-0.2, 0) is 0 Å². The van der Waals surface area contributed by atoms with Crippen LogP contribution in [0, 0.1) is 22.7 Å². The van der Waals surface area contributed by atoms with E-state index in [2.05, 4.69) is 34.3 Å². The minimum atomic E-state index is 0.539. The van der Waals surface area contributed by atoms with Gasteiger partial charge in [-0.25, -0.2) is 0 Å². The van der Waals surface area contributed by atoms with Crippen molar-refractivity contribution < 1.29 is 0 Å². The van der Waals surface area contributed by atoms with Crippen LogP contribution in [0.2, 0.25) is 0 Å². The molecule has 0 heterocycles. The normalized spacial score (nSPS) is 44.9. The van der Waals surface area contributed by atoms with Crippen LogP contribution in [0.5, 0.6) is 0 Å². The van der Waals surface area contributed by atoms with Gasteiger partial charge in [0.2, 0.25) is 0 Å². The quantitative estimate of drug-likeness (QED) is 0.499. The van der Waals surface area contributed by atoms with E-state index in [0.717, 1.165) is 11.8 Å². The molecule has 0 bridgehead atoms. The zero-order valence-corrected chi connectivity index (χ0v) is 10.9. The summed E-state index contributed by atoms with van der Waals surface area (Å²) in [5.74, 6) is 1.65. The highest BCUT2D eigenvalue weighted by Gasteiger charge is 2.51. The van der Waals surface area contributed by atoms with Crippen molar-refractivity contribution >= 4 is 0 Å². The van der Waals surface area contributed by atoms with Crippen molar-refractivity contribution in [3.63, 3.8) is 0 Å². The maximum atomic E-state index is 4.28. The Labute approximate surface area is 95.1 Å². The standard InChI is InChI=1S/C15H26/c1-11-7-8-13-14(3,4)9-6-10-15(13,5)12(11)2/h12-13H,1,6-10H2,2-5H3/t12?,13-,15+/m0/s1. The second-order valence-electron chi connectivity index (χ2n) is 6.82. The van der Waals surface area contributed by atoms with E-state index in [1.54, 1.807) is 0 Å². The van der Waals surface area contributed by atoms with Gasteiger partial charge in [0.1, 0.15) is 0 Å². The first-order valence-electron chi connectivity index (χ1n) is 6.55. The van der Waals surface area contributed by atoms with E-state index in [0.29, 0.717) is 10.8 Å². The van der Waals surface area contributed by atoms with Gasteiger partial charge in [-0.3, -0.25) is 0 Å². The Morgan fingerprint density at radius 3 is 2.53 bits per heavy atom. The van der Waals surface area contributed by atoms with Crippen LogP contribution in [0.1, 0.15) is 59.8 Å². The average Bonchev–Trinajstić information content (AvgIpc) is 2.12. The SMILES string of the molecule is C=C1CC[C@H]2C(C)(C)CCC[C@]2(C)C1C. The van der Waals surface area contributed by atoms with Gasteiger partial charge in [-0.15, -0.1) is 0 Å². The Bertz CT molecular complexity index is 274. The molecule has 0 amide bonds. The molecule has 0 aromatic heterocycles. The number of hydrogen-bond donors (Lipinski definition) is 0. The lowest BCUT2D eigenvalue weighted by Crippen LogP contribution is -2.48. The first kappa shape index (κ1) is 11.2. The van der Waals surface area contributed by atoms with E-state index in [-0.39, 0.29) is 0 Å². The summed E-state index contributed by atoms with van der Waals surface area (Å²) in [6.45, 7) is 14.2. The first-order valence-corrected chi connectivity index (χ1v) is 6.55. The van der Waals surface area contributed by atoms with Gasteiger partial charge in [-0.1, -0.05) is 46.3 Å². The highest BCUT2D eigenvalue weighted by molar-refractivity contribution is 5.14. The maximum absolute atomic E-state index is 4.28. The Hall–Kier alpha value is -0.260. The fourth-order valence-corrected chi connectivity index (χ4v) is 4.42. The number of hydrogen-bond acceptors (Lipinski definition) is 0. The van der Waals surface area contributed by atoms with Crippen LogP contribution in [0.4, 0.5) is 0 Å². The van der Waals surface area contributed by atoms with Gasteiger partial charge in [0.25, 0.3) is 0 Å². The molecule has 3 atom stereocenters. The van der Waals surface area contributed by atoms with Crippen molar-refractivity contribution in [1.82, 2.24) is 0 Å². The molecule has 0 nitrogen and oxygen atoms in total. The molecule has 1 unspecified atom stereocenters. The van der Waals surface area contributed by atoms with Gasteiger partial charge in [0.15, 0.2) is 0 Å². The molecular weight excluding hydrogens is 180 g/mol. The summed E-state index contributed by atoms with van der Waals surface area (Å²) in [5, 5.41) is 0. The minimum Gasteiger partial charge on any atom is -0.0996 e. The summed E-state index contributed by atoms with van der Waals surface area (Å²) in [6, 6.07) is 0. The Kier molecular flexibility index (Phi) is 2.52. The Balaban J connectivity index is 2.33. The summed E-state index contributed by atoms with van der Waals surface area (Å²) in [5.41, 5.74) is 2.60. The van der Waals surface area contributed by atoms with Crippen LogP contribution in [0.15, 0.2) is 12.2 Å². The van der Waals surface area contributed by atoms with Gasteiger partial charge in [-0.2, -0.15) is 0 Å². The predicted molar refractivity (Wildman–Crippen MR) is 66.8 cm³/mol. The molecule has 2 fully saturated rings. The molecule has 86 valence electrons. The molecule has 0 spiro atoms. The van der Waals surface area contributed by atoms with E-state index in [1.807, 2.05) is 0 Å². The van der Waals surface area contributed by atoms with Gasteiger partial charge in [-0.05, 0) is 48.3 Å². The molecular formula is C15H26. The molecule has 0 aromatic carbocycles. The smallest absolute Gasteiger partial charge is 0.0177 e. The predicted octanol–water partition coefficient (Wildman–Crippen LogP) is 4.81. The number of rotatable bonds is 0. The summed E-state index contributed by atoms with van der Waals surface area (Å²) in [4.78, 5) is 0. The lowest BCUT2D eigenvalue weighted by atomic mass is 9.48. The van der Waals surface area contributed by atoms with Crippen LogP contribution in [-0.4, -0.2) is 0 Å². The van der Waals surface area contributed by atoms with Crippen LogP contribution in [0.3, 0.4) is 0 Å². The molecule has 0 heteroatoms. The van der Waals surface area contributed by atoms with E-state index < -0.39 is 0 Å². The van der Waals surface area contributed by atoms with Gasteiger partial charge < -0.3 is 0 Å². The molecule has 2 rings (SSSR count). The molecule has 0 N–H and O–H groups in total. The third kappa shape index (κ3) is 1.57. The number of allylic oxidation sites excluding steroid dienone is 1. The lowest BCUT2D eigenvalue weighted by molar-refractivity contribution is -0.0467. The minimum absolute atomic E-state index is 0.539. The summed E-state index contributed by atoms with van der Waals surface area (Å²) < 4.78 is 0.